The molecule has 3 rings (SSSR count). The molecule has 0 unspecified atom stereocenters. The summed E-state index contributed by atoms with van der Waals surface area (Å²) in [4.78, 5) is 0. The predicted octanol–water partition coefficient (Wildman–Crippen LogP) is 4.07. The lowest BCUT2D eigenvalue weighted by Crippen LogP contribution is -1.96. The van der Waals surface area contributed by atoms with Gasteiger partial charge in [0.25, 0.3) is 5.88 Å². The Balaban J connectivity index is 1.95. The van der Waals surface area contributed by atoms with Gasteiger partial charge in [-0.3, -0.25) is 0 Å². The van der Waals surface area contributed by atoms with E-state index in [1.54, 1.807) is 0 Å². The number of halogens is 1. The lowest BCUT2D eigenvalue weighted by molar-refractivity contribution is 0.389. The summed E-state index contributed by atoms with van der Waals surface area (Å²) < 4.78 is 5.76. The Bertz CT molecular complexity index is 642. The molecule has 0 spiro atoms. The third-order valence-electron chi connectivity index (χ3n) is 3.42. The SMILES string of the molecule is CCc1ccc(C2CC2)c(Oc2nnc(Cl)cc2O)c1. The molecule has 20 heavy (non-hydrogen) atoms. The van der Waals surface area contributed by atoms with E-state index in [1.165, 1.54) is 30.0 Å². The summed E-state index contributed by atoms with van der Waals surface area (Å²) in [6.07, 6.45) is 3.29. The fraction of sp³-hybridized carbons (Fsp3) is 0.333. The summed E-state index contributed by atoms with van der Waals surface area (Å²) in [5, 5.41) is 17.4. The van der Waals surface area contributed by atoms with Crippen LogP contribution in [0.15, 0.2) is 24.3 Å². The second-order valence-electron chi connectivity index (χ2n) is 4.96. The van der Waals surface area contributed by atoms with Crippen LogP contribution in [0.3, 0.4) is 0 Å². The Kier molecular flexibility index (Phi) is 3.49. The van der Waals surface area contributed by atoms with Gasteiger partial charge in [-0.2, -0.15) is 0 Å². The zero-order valence-corrected chi connectivity index (χ0v) is 11.9. The number of rotatable bonds is 4. The van der Waals surface area contributed by atoms with Crippen molar-refractivity contribution in [2.75, 3.05) is 0 Å². The number of hydrogen-bond acceptors (Lipinski definition) is 4. The van der Waals surface area contributed by atoms with E-state index < -0.39 is 0 Å². The van der Waals surface area contributed by atoms with Crippen LogP contribution in [0.5, 0.6) is 17.4 Å². The van der Waals surface area contributed by atoms with Gasteiger partial charge >= 0.3 is 0 Å². The van der Waals surface area contributed by atoms with Crippen molar-refractivity contribution in [3.63, 3.8) is 0 Å². The minimum Gasteiger partial charge on any atom is -0.503 e. The van der Waals surface area contributed by atoms with Crippen molar-refractivity contribution in [1.29, 1.82) is 0 Å². The summed E-state index contributed by atoms with van der Waals surface area (Å²) in [7, 11) is 0. The van der Waals surface area contributed by atoms with Crippen molar-refractivity contribution in [3.05, 3.63) is 40.5 Å². The molecule has 104 valence electrons. The lowest BCUT2D eigenvalue weighted by atomic mass is 10.1. The maximum absolute atomic E-state index is 9.81. The van der Waals surface area contributed by atoms with Crippen molar-refractivity contribution in [2.45, 2.75) is 32.1 Å². The van der Waals surface area contributed by atoms with E-state index in [2.05, 4.69) is 29.3 Å². The van der Waals surface area contributed by atoms with E-state index in [-0.39, 0.29) is 16.8 Å². The molecule has 2 aromatic rings. The first-order valence-electron chi connectivity index (χ1n) is 6.70. The normalized spacial score (nSPS) is 14.3. The van der Waals surface area contributed by atoms with Crippen LogP contribution in [0.2, 0.25) is 5.15 Å². The summed E-state index contributed by atoms with van der Waals surface area (Å²) in [6, 6.07) is 7.55. The molecule has 1 heterocycles. The highest BCUT2D eigenvalue weighted by Gasteiger charge is 2.27. The van der Waals surface area contributed by atoms with Crippen molar-refractivity contribution < 1.29 is 9.84 Å². The van der Waals surface area contributed by atoms with E-state index in [1.807, 2.05) is 6.07 Å². The summed E-state index contributed by atoms with van der Waals surface area (Å²) in [5.74, 6) is 1.29. The number of nitrogens with zero attached hydrogens (tertiary/aromatic N) is 2. The minimum absolute atomic E-state index is 0.0875. The molecule has 0 bridgehead atoms. The first kappa shape index (κ1) is 13.2. The fourth-order valence-corrected chi connectivity index (χ4v) is 2.28. The maximum Gasteiger partial charge on any atom is 0.281 e. The predicted molar refractivity (Wildman–Crippen MR) is 76.6 cm³/mol. The van der Waals surface area contributed by atoms with Gasteiger partial charge in [0.2, 0.25) is 0 Å². The largest absolute Gasteiger partial charge is 0.503 e. The average Bonchev–Trinajstić information content (AvgIpc) is 3.26. The standard InChI is InChI=1S/C15H15ClN2O2/c1-2-9-3-6-11(10-4-5-10)13(7-9)20-15-12(19)8-14(16)17-18-15/h3,6-8,10H,2,4-5H2,1H3,(H,17,19). The molecule has 1 aliphatic carbocycles. The van der Waals surface area contributed by atoms with Gasteiger partial charge in [0.15, 0.2) is 10.9 Å². The molecule has 1 aromatic carbocycles. The first-order valence-corrected chi connectivity index (χ1v) is 7.08. The third-order valence-corrected chi connectivity index (χ3v) is 3.61. The van der Waals surface area contributed by atoms with E-state index in [0.29, 0.717) is 5.92 Å². The lowest BCUT2D eigenvalue weighted by Gasteiger charge is -2.12. The second kappa shape index (κ2) is 5.29. The molecule has 1 N–H and O–H groups in total. The topological polar surface area (TPSA) is 55.2 Å². The zero-order valence-electron chi connectivity index (χ0n) is 11.1. The molecule has 0 amide bonds. The molecule has 4 nitrogen and oxygen atoms in total. The number of benzene rings is 1. The van der Waals surface area contributed by atoms with E-state index >= 15 is 0 Å². The molecule has 1 fully saturated rings. The Morgan fingerprint density at radius 1 is 1.30 bits per heavy atom. The van der Waals surface area contributed by atoms with Crippen molar-refractivity contribution in [2.24, 2.45) is 0 Å². The number of aryl methyl sites for hydroxylation is 1. The summed E-state index contributed by atoms with van der Waals surface area (Å²) >= 11 is 5.67. The number of ether oxygens (including phenoxy) is 1. The summed E-state index contributed by atoms with van der Waals surface area (Å²) in [5.41, 5.74) is 2.35. The number of aromatic nitrogens is 2. The Hall–Kier alpha value is -1.81. The third kappa shape index (κ3) is 2.70. The fourth-order valence-electron chi connectivity index (χ4n) is 2.14. The highest BCUT2D eigenvalue weighted by atomic mass is 35.5. The van der Waals surface area contributed by atoms with E-state index in [0.717, 1.165) is 12.2 Å². The molecule has 1 saturated carbocycles. The molecule has 0 radical (unpaired) electrons. The molecule has 5 heteroatoms. The van der Waals surface area contributed by atoms with Crippen LogP contribution in [0, 0.1) is 0 Å². The van der Waals surface area contributed by atoms with Crippen molar-refractivity contribution in [3.8, 4) is 17.4 Å². The quantitative estimate of drug-likeness (QED) is 0.922. The molecule has 1 aliphatic rings. The van der Waals surface area contributed by atoms with Crippen LogP contribution in [0.1, 0.15) is 36.8 Å². The summed E-state index contributed by atoms with van der Waals surface area (Å²) in [6.45, 7) is 2.09. The molecular weight excluding hydrogens is 276 g/mol. The van der Waals surface area contributed by atoms with Gasteiger partial charge in [-0.05, 0) is 42.4 Å². The molecule has 1 aromatic heterocycles. The van der Waals surface area contributed by atoms with E-state index in [4.69, 9.17) is 16.3 Å². The first-order chi connectivity index (χ1) is 9.67. The smallest absolute Gasteiger partial charge is 0.281 e. The zero-order chi connectivity index (χ0) is 14.1. The van der Waals surface area contributed by atoms with Gasteiger partial charge in [0, 0.05) is 6.07 Å². The van der Waals surface area contributed by atoms with Gasteiger partial charge in [-0.25, -0.2) is 0 Å². The molecule has 0 saturated heterocycles. The molecule has 0 aliphatic heterocycles. The Morgan fingerprint density at radius 2 is 2.10 bits per heavy atom. The highest BCUT2D eigenvalue weighted by Crippen LogP contribution is 2.46. The van der Waals surface area contributed by atoms with Crippen LogP contribution in [-0.4, -0.2) is 15.3 Å². The Labute approximate surface area is 122 Å². The second-order valence-corrected chi connectivity index (χ2v) is 5.35. The van der Waals surface area contributed by atoms with Gasteiger partial charge < -0.3 is 9.84 Å². The van der Waals surface area contributed by atoms with Crippen LogP contribution in [0.25, 0.3) is 0 Å². The minimum atomic E-state index is -0.103. The van der Waals surface area contributed by atoms with Crippen LogP contribution < -0.4 is 4.74 Å². The van der Waals surface area contributed by atoms with Gasteiger partial charge in [0.05, 0.1) is 0 Å². The Morgan fingerprint density at radius 3 is 2.75 bits per heavy atom. The average molecular weight is 291 g/mol. The maximum atomic E-state index is 9.81. The number of aromatic hydroxyl groups is 1. The highest BCUT2D eigenvalue weighted by molar-refractivity contribution is 6.29. The van der Waals surface area contributed by atoms with Crippen molar-refractivity contribution in [1.82, 2.24) is 10.2 Å². The molecule has 0 atom stereocenters. The van der Waals surface area contributed by atoms with Crippen LogP contribution >= 0.6 is 11.6 Å². The monoisotopic (exact) mass is 290 g/mol. The van der Waals surface area contributed by atoms with Crippen molar-refractivity contribution >= 4 is 11.6 Å². The van der Waals surface area contributed by atoms with Gasteiger partial charge in [0.1, 0.15) is 5.75 Å². The van der Waals surface area contributed by atoms with Gasteiger partial charge in [-0.1, -0.05) is 30.7 Å². The van der Waals surface area contributed by atoms with Gasteiger partial charge in [-0.15, -0.1) is 10.2 Å². The number of hydrogen-bond donors (Lipinski definition) is 1. The van der Waals surface area contributed by atoms with E-state index in [9.17, 15) is 5.11 Å². The molecular formula is C15H15ClN2O2. The van der Waals surface area contributed by atoms with Crippen LogP contribution in [-0.2, 0) is 6.42 Å². The van der Waals surface area contributed by atoms with Crippen LogP contribution in [0.4, 0.5) is 0 Å².